The van der Waals surface area contributed by atoms with Gasteiger partial charge >= 0.3 is 0 Å². The van der Waals surface area contributed by atoms with Crippen molar-refractivity contribution in [1.29, 1.82) is 0 Å². The Morgan fingerprint density at radius 3 is 1.89 bits per heavy atom. The van der Waals surface area contributed by atoms with E-state index < -0.39 is 0 Å². The Labute approximate surface area is 55.8 Å². The van der Waals surface area contributed by atoms with Crippen LogP contribution in [0, 0.1) is 0 Å². The maximum absolute atomic E-state index is 5.28. The number of allylic oxidation sites excluding steroid dienone is 1. The minimum absolute atomic E-state index is 0.517. The van der Waals surface area contributed by atoms with E-state index in [1.54, 1.807) is 6.92 Å². The SMILES string of the molecule is C=C(C)C(=C)N=C(C)N. The van der Waals surface area contributed by atoms with E-state index in [4.69, 9.17) is 5.73 Å². The molecular formula is C7H12N2. The largest absolute Gasteiger partial charge is 0.387 e. The first-order valence-electron chi connectivity index (χ1n) is 2.69. The van der Waals surface area contributed by atoms with Crippen LogP contribution in [0.2, 0.25) is 0 Å². The van der Waals surface area contributed by atoms with Gasteiger partial charge in [0.1, 0.15) is 0 Å². The normalized spacial score (nSPS) is 11.1. The number of aliphatic imine (C=N–C) groups is 1. The van der Waals surface area contributed by atoms with Gasteiger partial charge < -0.3 is 5.73 Å². The Bertz CT molecular complexity index is 162. The third-order valence-electron chi connectivity index (χ3n) is 0.804. The molecule has 0 aliphatic rings. The number of rotatable bonds is 2. The van der Waals surface area contributed by atoms with E-state index in [-0.39, 0.29) is 0 Å². The van der Waals surface area contributed by atoms with Crippen LogP contribution >= 0.6 is 0 Å². The highest BCUT2D eigenvalue weighted by Gasteiger charge is 1.88. The molecular weight excluding hydrogens is 112 g/mol. The summed E-state index contributed by atoms with van der Waals surface area (Å²) in [6, 6.07) is 0. The van der Waals surface area contributed by atoms with Crippen LogP contribution in [0.5, 0.6) is 0 Å². The predicted octanol–water partition coefficient (Wildman–Crippen LogP) is 1.45. The topological polar surface area (TPSA) is 38.4 Å². The second kappa shape index (κ2) is 3.07. The molecule has 0 atom stereocenters. The van der Waals surface area contributed by atoms with Crippen LogP contribution in [-0.4, -0.2) is 5.84 Å². The number of hydrogen-bond acceptors (Lipinski definition) is 1. The van der Waals surface area contributed by atoms with E-state index in [1.165, 1.54) is 0 Å². The molecule has 0 radical (unpaired) electrons. The molecule has 0 aromatic heterocycles. The Balaban J connectivity index is 4.09. The van der Waals surface area contributed by atoms with Gasteiger partial charge in [-0.05, 0) is 19.4 Å². The van der Waals surface area contributed by atoms with Crippen molar-refractivity contribution < 1.29 is 0 Å². The van der Waals surface area contributed by atoms with Gasteiger partial charge in [-0.25, -0.2) is 4.99 Å². The van der Waals surface area contributed by atoms with Gasteiger partial charge in [0.2, 0.25) is 0 Å². The first-order valence-corrected chi connectivity index (χ1v) is 2.69. The summed E-state index contributed by atoms with van der Waals surface area (Å²) in [5.74, 6) is 0.517. The highest BCUT2D eigenvalue weighted by Crippen LogP contribution is 2.03. The monoisotopic (exact) mass is 124 g/mol. The first-order chi connectivity index (χ1) is 4.04. The summed E-state index contributed by atoms with van der Waals surface area (Å²) in [5.41, 5.74) is 6.77. The second-order valence-electron chi connectivity index (χ2n) is 1.98. The standard InChI is InChI=1S/C7H12N2/c1-5(2)6(3)9-7(4)8/h1,3H2,2,4H3,(H2,8,9). The van der Waals surface area contributed by atoms with Crippen LogP contribution in [0.15, 0.2) is 29.4 Å². The lowest BCUT2D eigenvalue weighted by Gasteiger charge is -1.95. The summed E-state index contributed by atoms with van der Waals surface area (Å²) in [7, 11) is 0. The minimum atomic E-state index is 0.517. The predicted molar refractivity (Wildman–Crippen MR) is 41.3 cm³/mol. The zero-order valence-electron chi connectivity index (χ0n) is 5.94. The molecule has 0 aliphatic heterocycles. The third-order valence-corrected chi connectivity index (χ3v) is 0.804. The molecule has 0 rings (SSSR count). The summed E-state index contributed by atoms with van der Waals surface area (Å²) in [4.78, 5) is 3.88. The van der Waals surface area contributed by atoms with E-state index in [2.05, 4.69) is 18.2 Å². The summed E-state index contributed by atoms with van der Waals surface area (Å²) in [6.07, 6.45) is 0. The maximum atomic E-state index is 5.28. The van der Waals surface area contributed by atoms with Gasteiger partial charge in [-0.1, -0.05) is 13.2 Å². The van der Waals surface area contributed by atoms with E-state index in [0.29, 0.717) is 11.5 Å². The van der Waals surface area contributed by atoms with Crippen molar-refractivity contribution in [2.45, 2.75) is 13.8 Å². The van der Waals surface area contributed by atoms with Gasteiger partial charge in [-0.15, -0.1) is 0 Å². The fraction of sp³-hybridized carbons (Fsp3) is 0.286. The number of nitrogens with two attached hydrogens (primary N) is 1. The van der Waals surface area contributed by atoms with E-state index >= 15 is 0 Å². The summed E-state index contributed by atoms with van der Waals surface area (Å²) < 4.78 is 0. The highest BCUT2D eigenvalue weighted by atomic mass is 14.8. The van der Waals surface area contributed by atoms with Crippen molar-refractivity contribution in [3.8, 4) is 0 Å². The maximum Gasteiger partial charge on any atom is 0.0964 e. The van der Waals surface area contributed by atoms with E-state index in [9.17, 15) is 0 Å². The zero-order chi connectivity index (χ0) is 7.44. The molecule has 2 nitrogen and oxygen atoms in total. The van der Waals surface area contributed by atoms with Crippen LogP contribution in [0.3, 0.4) is 0 Å². The number of hydrogen-bond donors (Lipinski definition) is 1. The Hall–Kier alpha value is -1.05. The van der Waals surface area contributed by atoms with Gasteiger partial charge in [0.15, 0.2) is 0 Å². The van der Waals surface area contributed by atoms with Crippen molar-refractivity contribution in [2.75, 3.05) is 0 Å². The van der Waals surface area contributed by atoms with Crippen LogP contribution in [-0.2, 0) is 0 Å². The molecule has 0 unspecified atom stereocenters. The molecule has 2 heteroatoms. The lowest BCUT2D eigenvalue weighted by Crippen LogP contribution is -2.05. The van der Waals surface area contributed by atoms with Crippen molar-refractivity contribution in [2.24, 2.45) is 10.7 Å². The first kappa shape index (κ1) is 7.95. The highest BCUT2D eigenvalue weighted by molar-refractivity contribution is 5.78. The molecule has 0 saturated heterocycles. The molecule has 0 spiro atoms. The molecule has 0 aliphatic carbocycles. The lowest BCUT2D eigenvalue weighted by molar-refractivity contribution is 1.29. The molecule has 0 saturated carbocycles. The quantitative estimate of drug-likeness (QED) is 0.338. The molecule has 0 heterocycles. The molecule has 0 amide bonds. The lowest BCUT2D eigenvalue weighted by atomic mass is 10.3. The van der Waals surface area contributed by atoms with Crippen LogP contribution < -0.4 is 5.73 Å². The molecule has 0 fully saturated rings. The van der Waals surface area contributed by atoms with Crippen molar-refractivity contribution in [3.63, 3.8) is 0 Å². The fourth-order valence-corrected chi connectivity index (χ4v) is 0.308. The van der Waals surface area contributed by atoms with E-state index in [1.807, 2.05) is 6.92 Å². The summed E-state index contributed by atoms with van der Waals surface area (Å²) in [6.45, 7) is 10.8. The molecule has 2 N–H and O–H groups in total. The van der Waals surface area contributed by atoms with Crippen molar-refractivity contribution in [3.05, 3.63) is 24.4 Å². The van der Waals surface area contributed by atoms with Crippen LogP contribution in [0.4, 0.5) is 0 Å². The minimum Gasteiger partial charge on any atom is -0.387 e. The molecule has 0 aromatic carbocycles. The Kier molecular flexibility index (Phi) is 2.71. The van der Waals surface area contributed by atoms with E-state index in [0.717, 1.165) is 5.57 Å². The summed E-state index contributed by atoms with van der Waals surface area (Å²) in [5, 5.41) is 0. The van der Waals surface area contributed by atoms with Gasteiger partial charge in [-0.2, -0.15) is 0 Å². The van der Waals surface area contributed by atoms with Gasteiger partial charge in [0.25, 0.3) is 0 Å². The van der Waals surface area contributed by atoms with Crippen molar-refractivity contribution >= 4 is 5.84 Å². The van der Waals surface area contributed by atoms with Gasteiger partial charge in [-0.3, -0.25) is 0 Å². The Morgan fingerprint density at radius 2 is 1.78 bits per heavy atom. The summed E-state index contributed by atoms with van der Waals surface area (Å²) >= 11 is 0. The van der Waals surface area contributed by atoms with Crippen molar-refractivity contribution in [1.82, 2.24) is 0 Å². The molecule has 50 valence electrons. The Morgan fingerprint density at radius 1 is 1.33 bits per heavy atom. The number of nitrogens with zero attached hydrogens (tertiary/aromatic N) is 1. The van der Waals surface area contributed by atoms with Gasteiger partial charge in [0.05, 0.1) is 11.5 Å². The van der Waals surface area contributed by atoms with Crippen LogP contribution in [0.1, 0.15) is 13.8 Å². The third kappa shape index (κ3) is 3.53. The fourth-order valence-electron chi connectivity index (χ4n) is 0.308. The number of amidine groups is 1. The van der Waals surface area contributed by atoms with Crippen LogP contribution in [0.25, 0.3) is 0 Å². The molecule has 0 aromatic rings. The molecule has 9 heavy (non-hydrogen) atoms. The average molecular weight is 124 g/mol. The average Bonchev–Trinajstić information content (AvgIpc) is 1.63. The second-order valence-corrected chi connectivity index (χ2v) is 1.98. The zero-order valence-corrected chi connectivity index (χ0v) is 5.94. The smallest absolute Gasteiger partial charge is 0.0964 e. The van der Waals surface area contributed by atoms with Gasteiger partial charge in [0, 0.05) is 0 Å². The molecule has 0 bridgehead atoms.